The average Bonchev–Trinajstić information content (AvgIpc) is 2.31. The van der Waals surface area contributed by atoms with Crippen molar-refractivity contribution in [2.24, 2.45) is 0 Å². The van der Waals surface area contributed by atoms with Crippen LogP contribution in [0.5, 0.6) is 0 Å². The molecule has 0 saturated heterocycles. The summed E-state index contributed by atoms with van der Waals surface area (Å²) < 4.78 is 0. The first-order valence-corrected chi connectivity index (χ1v) is 6.13. The molecule has 0 aliphatic heterocycles. The zero-order valence-corrected chi connectivity index (χ0v) is 11.4. The molecule has 2 aromatic rings. The van der Waals surface area contributed by atoms with E-state index < -0.39 is 0 Å². The van der Waals surface area contributed by atoms with Crippen LogP contribution in [-0.2, 0) is 0 Å². The molecule has 1 aromatic carbocycles. The van der Waals surface area contributed by atoms with E-state index >= 15 is 0 Å². The topological polar surface area (TPSA) is 64.7 Å². The number of hydrogen-bond donors (Lipinski definition) is 1. The largest absolute Gasteiger partial charge is 0.399 e. The van der Waals surface area contributed by atoms with Crippen LogP contribution in [0.15, 0.2) is 18.2 Å². The highest BCUT2D eigenvalue weighted by Gasteiger charge is 2.12. The van der Waals surface area contributed by atoms with Crippen molar-refractivity contribution in [2.45, 2.75) is 26.7 Å². The molecule has 2 rings (SSSR count). The van der Waals surface area contributed by atoms with Crippen LogP contribution in [0.2, 0.25) is 5.02 Å². The second-order valence-corrected chi connectivity index (χ2v) is 4.87. The highest BCUT2D eigenvalue weighted by molar-refractivity contribution is 6.33. The van der Waals surface area contributed by atoms with Crippen LogP contribution in [0, 0.1) is 6.92 Å². The number of aryl methyl sites for hydroxylation is 1. The molecule has 18 heavy (non-hydrogen) atoms. The third-order valence-electron chi connectivity index (χ3n) is 2.51. The van der Waals surface area contributed by atoms with Gasteiger partial charge in [-0.15, -0.1) is 0 Å². The van der Waals surface area contributed by atoms with Crippen molar-refractivity contribution in [1.29, 1.82) is 0 Å². The average molecular weight is 263 g/mol. The third-order valence-corrected chi connectivity index (χ3v) is 2.84. The third kappa shape index (κ3) is 2.59. The van der Waals surface area contributed by atoms with Gasteiger partial charge in [0.2, 0.25) is 0 Å². The molecule has 4 nitrogen and oxygen atoms in total. The maximum Gasteiger partial charge on any atom is 0.164 e. The first-order chi connectivity index (χ1) is 8.47. The van der Waals surface area contributed by atoms with Crippen molar-refractivity contribution in [3.63, 3.8) is 0 Å². The van der Waals surface area contributed by atoms with Crippen molar-refractivity contribution in [1.82, 2.24) is 15.0 Å². The smallest absolute Gasteiger partial charge is 0.164 e. The number of benzene rings is 1. The molecule has 0 bridgehead atoms. The van der Waals surface area contributed by atoms with Crippen LogP contribution in [0.25, 0.3) is 11.4 Å². The minimum atomic E-state index is 0.241. The van der Waals surface area contributed by atoms with Crippen LogP contribution < -0.4 is 5.73 Å². The van der Waals surface area contributed by atoms with Crippen LogP contribution >= 0.6 is 11.6 Å². The van der Waals surface area contributed by atoms with E-state index in [1.165, 1.54) is 0 Å². The van der Waals surface area contributed by atoms with Crippen molar-refractivity contribution in [3.8, 4) is 11.4 Å². The minimum Gasteiger partial charge on any atom is -0.399 e. The van der Waals surface area contributed by atoms with Gasteiger partial charge in [0.05, 0.1) is 5.02 Å². The number of nitrogens with zero attached hydrogens (tertiary/aromatic N) is 3. The lowest BCUT2D eigenvalue weighted by atomic mass is 10.1. The standard InChI is InChI=1S/C13H15ClN4/c1-7(2)12-16-8(3)17-13(18-12)10-6-9(15)4-5-11(10)14/h4-7H,15H2,1-3H3. The number of aromatic nitrogens is 3. The Morgan fingerprint density at radius 1 is 1.17 bits per heavy atom. The van der Waals surface area contributed by atoms with E-state index in [2.05, 4.69) is 15.0 Å². The van der Waals surface area contributed by atoms with E-state index in [1.54, 1.807) is 18.2 Å². The van der Waals surface area contributed by atoms with Crippen LogP contribution in [0.3, 0.4) is 0 Å². The lowest BCUT2D eigenvalue weighted by molar-refractivity contribution is 0.750. The summed E-state index contributed by atoms with van der Waals surface area (Å²) in [5.74, 6) is 2.26. The van der Waals surface area contributed by atoms with E-state index in [1.807, 2.05) is 20.8 Å². The number of rotatable bonds is 2. The fourth-order valence-corrected chi connectivity index (χ4v) is 1.80. The lowest BCUT2D eigenvalue weighted by Gasteiger charge is -2.09. The molecule has 5 heteroatoms. The first-order valence-electron chi connectivity index (χ1n) is 5.75. The van der Waals surface area contributed by atoms with E-state index in [4.69, 9.17) is 17.3 Å². The summed E-state index contributed by atoms with van der Waals surface area (Å²) in [7, 11) is 0. The number of nitrogen functional groups attached to an aromatic ring is 1. The van der Waals surface area contributed by atoms with Gasteiger partial charge in [0, 0.05) is 17.2 Å². The molecular formula is C13H15ClN4. The van der Waals surface area contributed by atoms with Crippen LogP contribution in [0.4, 0.5) is 5.69 Å². The van der Waals surface area contributed by atoms with Gasteiger partial charge >= 0.3 is 0 Å². The zero-order chi connectivity index (χ0) is 13.3. The molecule has 0 radical (unpaired) electrons. The molecule has 1 heterocycles. The molecule has 0 fully saturated rings. The quantitative estimate of drug-likeness (QED) is 0.844. The second kappa shape index (κ2) is 4.90. The van der Waals surface area contributed by atoms with Crippen molar-refractivity contribution in [3.05, 3.63) is 34.9 Å². The molecular weight excluding hydrogens is 248 g/mol. The number of anilines is 1. The highest BCUT2D eigenvalue weighted by atomic mass is 35.5. The summed E-state index contributed by atoms with van der Waals surface area (Å²) >= 11 is 6.16. The normalized spacial score (nSPS) is 10.9. The number of nitrogens with two attached hydrogens (primary N) is 1. The second-order valence-electron chi connectivity index (χ2n) is 4.46. The van der Waals surface area contributed by atoms with Gasteiger partial charge in [-0.05, 0) is 25.1 Å². The van der Waals surface area contributed by atoms with Gasteiger partial charge < -0.3 is 5.73 Å². The summed E-state index contributed by atoms with van der Waals surface area (Å²) in [6, 6.07) is 5.28. The van der Waals surface area contributed by atoms with Gasteiger partial charge in [-0.2, -0.15) is 0 Å². The summed E-state index contributed by atoms with van der Waals surface area (Å²) in [6.07, 6.45) is 0. The van der Waals surface area contributed by atoms with Crippen molar-refractivity contribution < 1.29 is 0 Å². The molecule has 0 atom stereocenters. The summed E-state index contributed by atoms with van der Waals surface area (Å²) in [6.45, 7) is 5.93. The monoisotopic (exact) mass is 262 g/mol. The summed E-state index contributed by atoms with van der Waals surface area (Å²) in [5, 5.41) is 0.588. The van der Waals surface area contributed by atoms with Gasteiger partial charge in [-0.25, -0.2) is 15.0 Å². The molecule has 0 amide bonds. The molecule has 0 aliphatic rings. The predicted molar refractivity (Wildman–Crippen MR) is 73.5 cm³/mol. The Hall–Kier alpha value is -1.68. The minimum absolute atomic E-state index is 0.241. The number of halogens is 1. The van der Waals surface area contributed by atoms with Crippen LogP contribution in [-0.4, -0.2) is 15.0 Å². The van der Waals surface area contributed by atoms with E-state index in [-0.39, 0.29) is 5.92 Å². The van der Waals surface area contributed by atoms with Crippen molar-refractivity contribution in [2.75, 3.05) is 5.73 Å². The van der Waals surface area contributed by atoms with Gasteiger partial charge in [0.1, 0.15) is 11.6 Å². The number of hydrogen-bond acceptors (Lipinski definition) is 4. The first kappa shape index (κ1) is 12.8. The predicted octanol–water partition coefficient (Wildman–Crippen LogP) is 3.21. The molecule has 94 valence electrons. The van der Waals surface area contributed by atoms with E-state index in [0.717, 1.165) is 11.4 Å². The Bertz CT molecular complexity index is 581. The molecule has 0 spiro atoms. The Labute approximate surface area is 111 Å². The summed E-state index contributed by atoms with van der Waals surface area (Å²) in [4.78, 5) is 13.1. The van der Waals surface area contributed by atoms with Gasteiger partial charge in [-0.3, -0.25) is 0 Å². The van der Waals surface area contributed by atoms with Gasteiger partial charge in [-0.1, -0.05) is 25.4 Å². The fraction of sp³-hybridized carbons (Fsp3) is 0.308. The fourth-order valence-electron chi connectivity index (χ4n) is 1.60. The highest BCUT2D eigenvalue weighted by Crippen LogP contribution is 2.27. The van der Waals surface area contributed by atoms with Crippen LogP contribution in [0.1, 0.15) is 31.4 Å². The van der Waals surface area contributed by atoms with E-state index in [9.17, 15) is 0 Å². The van der Waals surface area contributed by atoms with Gasteiger partial charge in [0.15, 0.2) is 5.82 Å². The molecule has 0 unspecified atom stereocenters. The molecule has 1 aromatic heterocycles. The van der Waals surface area contributed by atoms with E-state index in [0.29, 0.717) is 22.4 Å². The Balaban J connectivity index is 2.60. The Morgan fingerprint density at radius 2 is 1.89 bits per heavy atom. The SMILES string of the molecule is Cc1nc(-c2cc(N)ccc2Cl)nc(C(C)C)n1. The Morgan fingerprint density at radius 3 is 2.56 bits per heavy atom. The van der Waals surface area contributed by atoms with Gasteiger partial charge in [0.25, 0.3) is 0 Å². The summed E-state index contributed by atoms with van der Waals surface area (Å²) in [5.41, 5.74) is 7.15. The maximum atomic E-state index is 6.16. The molecule has 2 N–H and O–H groups in total. The van der Waals surface area contributed by atoms with Crippen molar-refractivity contribution >= 4 is 17.3 Å². The Kier molecular flexibility index (Phi) is 3.48. The lowest BCUT2D eigenvalue weighted by Crippen LogP contribution is -2.04. The maximum absolute atomic E-state index is 6.16. The molecule has 0 aliphatic carbocycles. The molecule has 0 saturated carbocycles. The zero-order valence-electron chi connectivity index (χ0n) is 10.6.